The number of carboxylic acids is 1. The van der Waals surface area contributed by atoms with Crippen LogP contribution in [0.5, 0.6) is 0 Å². The van der Waals surface area contributed by atoms with Gasteiger partial charge in [-0.2, -0.15) is 0 Å². The zero-order valence-electron chi connectivity index (χ0n) is 15.8. The zero-order valence-corrected chi connectivity index (χ0v) is 16.6. The molecule has 7 heteroatoms. The number of hydrogen-bond acceptors (Lipinski definition) is 5. The van der Waals surface area contributed by atoms with Gasteiger partial charge in [0.15, 0.2) is 0 Å². The number of fused-ring (bicyclic) bond motifs is 3. The summed E-state index contributed by atoms with van der Waals surface area (Å²) in [6.45, 7) is 6.82. The number of carboxylic acid groups (broad SMARTS) is 1. The number of thiophene rings is 1. The highest BCUT2D eigenvalue weighted by atomic mass is 32.1. The van der Waals surface area contributed by atoms with Gasteiger partial charge in [-0.3, -0.25) is 14.2 Å². The molecular formula is C19H26N2O4S. The molecule has 2 aromatic heterocycles. The number of aliphatic carboxylic acids is 1. The largest absolute Gasteiger partial charge is 0.480 e. The predicted molar refractivity (Wildman–Crippen MR) is 102 cm³/mol. The maximum Gasteiger partial charge on any atom is 0.323 e. The smallest absolute Gasteiger partial charge is 0.323 e. The standard InChI is InChI=1S/C19H26N2O4S/c1-19(2,3)11-5-6-12-13(9-11)26-17-16(12)18(24)21(10-15(22)23)14(20-17)7-8-25-4/h11H,5-10H2,1-4H3,(H,22,23). The van der Waals surface area contributed by atoms with Crippen molar-refractivity contribution >= 4 is 27.5 Å². The molecule has 0 fully saturated rings. The molecule has 0 bridgehead atoms. The van der Waals surface area contributed by atoms with Crippen LogP contribution < -0.4 is 5.56 Å². The summed E-state index contributed by atoms with van der Waals surface area (Å²) in [5.41, 5.74) is 1.09. The Balaban J connectivity index is 2.12. The summed E-state index contributed by atoms with van der Waals surface area (Å²) in [5.74, 6) is 0.0267. The van der Waals surface area contributed by atoms with E-state index in [1.54, 1.807) is 18.4 Å². The molecule has 0 aromatic carbocycles. The maximum absolute atomic E-state index is 13.1. The highest BCUT2D eigenvalue weighted by Gasteiger charge is 2.32. The molecule has 3 rings (SSSR count). The van der Waals surface area contributed by atoms with Gasteiger partial charge in [-0.1, -0.05) is 20.8 Å². The number of methoxy groups -OCH3 is 1. The van der Waals surface area contributed by atoms with Gasteiger partial charge in [0.1, 0.15) is 17.2 Å². The van der Waals surface area contributed by atoms with E-state index in [1.165, 1.54) is 9.44 Å². The zero-order chi connectivity index (χ0) is 19.1. The van der Waals surface area contributed by atoms with Crippen LogP contribution in [0.3, 0.4) is 0 Å². The lowest BCUT2D eigenvalue weighted by Gasteiger charge is -2.33. The average molecular weight is 378 g/mol. The molecule has 1 unspecified atom stereocenters. The Labute approximate surface area is 156 Å². The Morgan fingerprint density at radius 2 is 2.15 bits per heavy atom. The van der Waals surface area contributed by atoms with Crippen LogP contribution in [0.1, 0.15) is 43.5 Å². The summed E-state index contributed by atoms with van der Waals surface area (Å²) in [7, 11) is 1.58. The van der Waals surface area contributed by atoms with Crippen LogP contribution in [-0.2, 0) is 35.3 Å². The van der Waals surface area contributed by atoms with E-state index < -0.39 is 5.97 Å². The lowest BCUT2D eigenvalue weighted by Crippen LogP contribution is -2.30. The molecule has 0 amide bonds. The van der Waals surface area contributed by atoms with Crippen molar-refractivity contribution in [1.82, 2.24) is 9.55 Å². The molecular weight excluding hydrogens is 352 g/mol. The van der Waals surface area contributed by atoms with Gasteiger partial charge in [0.25, 0.3) is 5.56 Å². The van der Waals surface area contributed by atoms with E-state index in [2.05, 4.69) is 25.8 Å². The highest BCUT2D eigenvalue weighted by Crippen LogP contribution is 2.42. The van der Waals surface area contributed by atoms with Gasteiger partial charge in [0.2, 0.25) is 0 Å². The monoisotopic (exact) mass is 378 g/mol. The second-order valence-electron chi connectivity index (χ2n) is 8.05. The van der Waals surface area contributed by atoms with Gasteiger partial charge in [-0.05, 0) is 36.2 Å². The molecule has 0 saturated heterocycles. The van der Waals surface area contributed by atoms with Crippen LogP contribution >= 0.6 is 11.3 Å². The Bertz CT molecular complexity index is 892. The molecule has 1 atom stereocenters. The number of nitrogens with zero attached hydrogens (tertiary/aromatic N) is 2. The fraction of sp³-hybridized carbons (Fsp3) is 0.632. The minimum atomic E-state index is -1.04. The lowest BCUT2D eigenvalue weighted by atomic mass is 9.72. The van der Waals surface area contributed by atoms with Crippen molar-refractivity contribution in [3.63, 3.8) is 0 Å². The highest BCUT2D eigenvalue weighted by molar-refractivity contribution is 7.18. The van der Waals surface area contributed by atoms with E-state index in [4.69, 9.17) is 4.74 Å². The molecule has 0 spiro atoms. The minimum absolute atomic E-state index is 0.227. The molecule has 1 aliphatic rings. The molecule has 142 valence electrons. The van der Waals surface area contributed by atoms with Crippen LogP contribution in [0, 0.1) is 11.3 Å². The summed E-state index contributed by atoms with van der Waals surface area (Å²) >= 11 is 1.60. The van der Waals surface area contributed by atoms with Crippen molar-refractivity contribution < 1.29 is 14.6 Å². The number of aryl methyl sites for hydroxylation is 1. The number of rotatable bonds is 5. The van der Waals surface area contributed by atoms with E-state index in [-0.39, 0.29) is 17.5 Å². The lowest BCUT2D eigenvalue weighted by molar-refractivity contribution is -0.137. The van der Waals surface area contributed by atoms with Crippen LogP contribution in [0.25, 0.3) is 10.2 Å². The predicted octanol–water partition coefficient (Wildman–Crippen LogP) is 2.88. The van der Waals surface area contributed by atoms with Gasteiger partial charge in [-0.25, -0.2) is 4.98 Å². The second-order valence-corrected chi connectivity index (χ2v) is 9.13. The van der Waals surface area contributed by atoms with E-state index in [0.717, 1.165) is 29.7 Å². The number of ether oxygens (including phenoxy) is 1. The molecule has 6 nitrogen and oxygen atoms in total. The molecule has 1 N–H and O–H groups in total. The van der Waals surface area contributed by atoms with Crippen molar-refractivity contribution in [2.24, 2.45) is 11.3 Å². The van der Waals surface area contributed by atoms with Gasteiger partial charge >= 0.3 is 5.97 Å². The molecule has 2 heterocycles. The van der Waals surface area contributed by atoms with E-state index in [9.17, 15) is 14.7 Å². The average Bonchev–Trinajstić information content (AvgIpc) is 2.92. The first kappa shape index (κ1) is 19.0. The van der Waals surface area contributed by atoms with Crippen LogP contribution in [0.2, 0.25) is 0 Å². The minimum Gasteiger partial charge on any atom is -0.480 e. The number of aromatic nitrogens is 2. The molecule has 0 aliphatic heterocycles. The Morgan fingerprint density at radius 1 is 1.42 bits per heavy atom. The second kappa shape index (κ2) is 7.12. The normalized spacial score (nSPS) is 17.5. The first-order valence-electron chi connectivity index (χ1n) is 8.97. The van der Waals surface area contributed by atoms with E-state index >= 15 is 0 Å². The van der Waals surface area contributed by atoms with Crippen molar-refractivity contribution in [2.75, 3.05) is 13.7 Å². The Kier molecular flexibility index (Phi) is 5.21. The molecule has 1 aliphatic carbocycles. The van der Waals surface area contributed by atoms with Gasteiger partial charge < -0.3 is 9.84 Å². The molecule has 2 aromatic rings. The van der Waals surface area contributed by atoms with Crippen molar-refractivity contribution in [2.45, 2.75) is 53.0 Å². The SMILES string of the molecule is COCCc1nc2sc3c(c2c(=O)n1CC(=O)O)CCC(C(C)(C)C)C3. The molecule has 0 saturated carbocycles. The van der Waals surface area contributed by atoms with Crippen molar-refractivity contribution in [1.29, 1.82) is 0 Å². The summed E-state index contributed by atoms with van der Waals surface area (Å²) in [6, 6.07) is 0. The van der Waals surface area contributed by atoms with Crippen LogP contribution in [0.4, 0.5) is 0 Å². The Hall–Kier alpha value is -1.73. The fourth-order valence-corrected chi connectivity index (χ4v) is 5.03. The van der Waals surface area contributed by atoms with Crippen molar-refractivity contribution in [3.05, 3.63) is 26.6 Å². The summed E-state index contributed by atoms with van der Waals surface area (Å²) in [6.07, 6.45) is 3.29. The van der Waals surface area contributed by atoms with Gasteiger partial charge in [-0.15, -0.1) is 11.3 Å². The summed E-state index contributed by atoms with van der Waals surface area (Å²) in [4.78, 5) is 31.0. The van der Waals surface area contributed by atoms with Crippen molar-refractivity contribution in [3.8, 4) is 0 Å². The van der Waals surface area contributed by atoms with E-state index in [0.29, 0.717) is 30.2 Å². The third-order valence-corrected chi connectivity index (χ3v) is 6.44. The van der Waals surface area contributed by atoms with Gasteiger partial charge in [0.05, 0.1) is 12.0 Å². The molecule has 26 heavy (non-hydrogen) atoms. The Morgan fingerprint density at radius 3 is 2.77 bits per heavy atom. The quantitative estimate of drug-likeness (QED) is 0.865. The first-order valence-corrected chi connectivity index (χ1v) is 9.78. The fourth-order valence-electron chi connectivity index (χ4n) is 3.72. The topological polar surface area (TPSA) is 81.4 Å². The maximum atomic E-state index is 13.1. The third kappa shape index (κ3) is 3.55. The third-order valence-electron chi connectivity index (χ3n) is 5.30. The molecule has 0 radical (unpaired) electrons. The van der Waals surface area contributed by atoms with E-state index in [1.807, 2.05) is 0 Å². The van der Waals surface area contributed by atoms with Gasteiger partial charge in [0, 0.05) is 18.4 Å². The van der Waals surface area contributed by atoms with Crippen LogP contribution in [-0.4, -0.2) is 34.3 Å². The number of hydrogen-bond donors (Lipinski definition) is 1. The number of carbonyl (C=O) groups is 1. The first-order chi connectivity index (χ1) is 12.2. The van der Waals surface area contributed by atoms with Crippen LogP contribution in [0.15, 0.2) is 4.79 Å². The summed E-state index contributed by atoms with van der Waals surface area (Å²) < 4.78 is 6.39. The summed E-state index contributed by atoms with van der Waals surface area (Å²) in [5, 5.41) is 9.84.